The lowest BCUT2D eigenvalue weighted by atomic mass is 10.2. The van der Waals surface area contributed by atoms with Gasteiger partial charge in [-0.15, -0.1) is 0 Å². The van der Waals surface area contributed by atoms with Gasteiger partial charge in [-0.2, -0.15) is 0 Å². The minimum atomic E-state index is 0.0209. The molecule has 1 aliphatic heterocycles. The molecule has 0 spiro atoms. The average Bonchev–Trinajstić information content (AvgIpc) is 2.26. The summed E-state index contributed by atoms with van der Waals surface area (Å²) in [6.07, 6.45) is 1.69. The molecule has 0 aliphatic carbocycles. The average molecular weight is 231 g/mol. The summed E-state index contributed by atoms with van der Waals surface area (Å²) in [5, 5.41) is 0. The first-order valence-corrected chi connectivity index (χ1v) is 5.80. The molecule has 0 saturated carbocycles. The van der Waals surface area contributed by atoms with E-state index in [4.69, 9.17) is 4.74 Å². The quantitative estimate of drug-likeness (QED) is 0.695. The number of amides is 1. The molecule has 1 heterocycles. The molecule has 3 nitrogen and oxygen atoms in total. The zero-order valence-corrected chi connectivity index (χ0v) is 10.4. The maximum Gasteiger partial charge on any atom is 0.251 e. The number of ether oxygens (including phenoxy) is 1. The Kier molecular flexibility index (Phi) is 3.18. The highest BCUT2D eigenvalue weighted by Gasteiger charge is 2.25. The fourth-order valence-electron chi connectivity index (χ4n) is 1.92. The molecule has 1 aromatic rings. The Hall–Kier alpha value is -1.77. The van der Waals surface area contributed by atoms with Crippen molar-refractivity contribution in [3.63, 3.8) is 0 Å². The van der Waals surface area contributed by atoms with Crippen LogP contribution in [0.25, 0.3) is 0 Å². The van der Waals surface area contributed by atoms with Gasteiger partial charge in [0.1, 0.15) is 11.9 Å². The Morgan fingerprint density at radius 3 is 2.82 bits per heavy atom. The molecule has 0 aromatic heterocycles. The first-order chi connectivity index (χ1) is 8.08. The third kappa shape index (κ3) is 2.49. The molecule has 0 bridgehead atoms. The molecular weight excluding hydrogens is 214 g/mol. The maximum atomic E-state index is 12.1. The predicted molar refractivity (Wildman–Crippen MR) is 68.3 cm³/mol. The number of benzene rings is 1. The number of anilines is 1. The van der Waals surface area contributed by atoms with Crippen molar-refractivity contribution in [3.8, 4) is 5.75 Å². The molecule has 1 amide bonds. The summed E-state index contributed by atoms with van der Waals surface area (Å²) in [6.45, 7) is 6.42. The van der Waals surface area contributed by atoms with Gasteiger partial charge in [-0.1, -0.05) is 17.7 Å². The number of nitrogens with zero attached hydrogens (tertiary/aromatic N) is 1. The predicted octanol–water partition coefficient (Wildman–Crippen LogP) is 2.77. The number of allylic oxidation sites excluding steroid dienone is 1. The normalized spacial score (nSPS) is 18.1. The van der Waals surface area contributed by atoms with Crippen LogP contribution >= 0.6 is 0 Å². The monoisotopic (exact) mass is 231 g/mol. The van der Waals surface area contributed by atoms with Gasteiger partial charge in [-0.3, -0.25) is 4.79 Å². The molecule has 0 saturated heterocycles. The van der Waals surface area contributed by atoms with Crippen molar-refractivity contribution in [1.29, 1.82) is 0 Å². The smallest absolute Gasteiger partial charge is 0.251 e. The second-order valence-corrected chi connectivity index (χ2v) is 4.57. The Morgan fingerprint density at radius 2 is 2.12 bits per heavy atom. The summed E-state index contributed by atoms with van der Waals surface area (Å²) < 4.78 is 5.70. The van der Waals surface area contributed by atoms with E-state index >= 15 is 0 Å². The molecule has 0 N–H and O–H groups in total. The molecule has 0 radical (unpaired) electrons. The molecule has 90 valence electrons. The van der Waals surface area contributed by atoms with E-state index in [2.05, 4.69) is 0 Å². The minimum absolute atomic E-state index is 0.0209. The summed E-state index contributed by atoms with van der Waals surface area (Å²) in [5.41, 5.74) is 1.86. The van der Waals surface area contributed by atoms with Gasteiger partial charge in [-0.25, -0.2) is 0 Å². The van der Waals surface area contributed by atoms with Crippen molar-refractivity contribution in [2.45, 2.75) is 26.9 Å². The highest BCUT2D eigenvalue weighted by Crippen LogP contribution is 2.33. The van der Waals surface area contributed by atoms with Crippen LogP contribution in [0.3, 0.4) is 0 Å². The van der Waals surface area contributed by atoms with Crippen LogP contribution in [0.5, 0.6) is 5.75 Å². The van der Waals surface area contributed by atoms with Gasteiger partial charge in [0.2, 0.25) is 0 Å². The van der Waals surface area contributed by atoms with E-state index in [0.717, 1.165) is 17.0 Å². The van der Waals surface area contributed by atoms with Crippen LogP contribution in [-0.2, 0) is 4.79 Å². The second-order valence-electron chi connectivity index (χ2n) is 4.57. The highest BCUT2D eigenvalue weighted by atomic mass is 16.5. The molecule has 2 rings (SSSR count). The number of rotatable bonds is 1. The van der Waals surface area contributed by atoms with E-state index in [-0.39, 0.29) is 12.0 Å². The third-order valence-electron chi connectivity index (χ3n) is 2.60. The van der Waals surface area contributed by atoms with E-state index in [1.807, 2.05) is 45.0 Å². The lowest BCUT2D eigenvalue weighted by Gasteiger charge is -2.32. The van der Waals surface area contributed by atoms with Crippen LogP contribution in [0, 0.1) is 0 Å². The standard InChI is InChI=1S/C14H17NO2/c1-10(2)8-14(16)15-9-11(3)17-13-7-5-4-6-12(13)15/h4-8,11H,9H2,1-3H3. The Labute approximate surface area is 102 Å². The molecular formula is C14H17NO2. The summed E-state index contributed by atoms with van der Waals surface area (Å²) in [5.74, 6) is 0.800. The second kappa shape index (κ2) is 4.62. The van der Waals surface area contributed by atoms with E-state index in [1.165, 1.54) is 0 Å². The van der Waals surface area contributed by atoms with Gasteiger partial charge in [0.25, 0.3) is 5.91 Å². The van der Waals surface area contributed by atoms with Crippen molar-refractivity contribution in [1.82, 2.24) is 0 Å². The molecule has 3 heteroatoms. The van der Waals surface area contributed by atoms with Crippen LogP contribution in [0.4, 0.5) is 5.69 Å². The number of hydrogen-bond acceptors (Lipinski definition) is 2. The maximum absolute atomic E-state index is 12.1. The SMILES string of the molecule is CC(C)=CC(=O)N1CC(C)Oc2ccccc21. The summed E-state index contributed by atoms with van der Waals surface area (Å²) >= 11 is 0. The fraction of sp³-hybridized carbons (Fsp3) is 0.357. The van der Waals surface area contributed by atoms with Crippen LogP contribution < -0.4 is 9.64 Å². The van der Waals surface area contributed by atoms with Gasteiger partial charge >= 0.3 is 0 Å². The van der Waals surface area contributed by atoms with Gasteiger partial charge in [0, 0.05) is 6.08 Å². The lowest BCUT2D eigenvalue weighted by Crippen LogP contribution is -2.41. The minimum Gasteiger partial charge on any atom is -0.487 e. The number of hydrogen-bond donors (Lipinski definition) is 0. The van der Waals surface area contributed by atoms with Crippen LogP contribution in [0.1, 0.15) is 20.8 Å². The summed E-state index contributed by atoms with van der Waals surface area (Å²) in [6, 6.07) is 7.65. The zero-order chi connectivity index (χ0) is 12.4. The van der Waals surface area contributed by atoms with Crippen molar-refractivity contribution in [3.05, 3.63) is 35.9 Å². The first-order valence-electron chi connectivity index (χ1n) is 5.80. The van der Waals surface area contributed by atoms with Gasteiger partial charge in [0.05, 0.1) is 12.2 Å². The summed E-state index contributed by atoms with van der Waals surface area (Å²) in [4.78, 5) is 13.9. The fourth-order valence-corrected chi connectivity index (χ4v) is 1.92. The molecule has 1 atom stereocenters. The molecule has 1 aliphatic rings. The first kappa shape index (κ1) is 11.7. The van der Waals surface area contributed by atoms with E-state index in [9.17, 15) is 4.79 Å². The van der Waals surface area contributed by atoms with Crippen molar-refractivity contribution < 1.29 is 9.53 Å². The van der Waals surface area contributed by atoms with E-state index in [1.54, 1.807) is 11.0 Å². The molecule has 0 fully saturated rings. The topological polar surface area (TPSA) is 29.5 Å². The van der Waals surface area contributed by atoms with Crippen LogP contribution in [-0.4, -0.2) is 18.6 Å². The van der Waals surface area contributed by atoms with Crippen molar-refractivity contribution in [2.75, 3.05) is 11.4 Å². The largest absolute Gasteiger partial charge is 0.487 e. The van der Waals surface area contributed by atoms with Gasteiger partial charge in [0.15, 0.2) is 0 Å². The summed E-state index contributed by atoms with van der Waals surface area (Å²) in [7, 11) is 0. The molecule has 1 aromatic carbocycles. The Bertz CT molecular complexity index is 461. The molecule has 17 heavy (non-hydrogen) atoms. The highest BCUT2D eigenvalue weighted by molar-refractivity contribution is 6.03. The van der Waals surface area contributed by atoms with Crippen molar-refractivity contribution >= 4 is 11.6 Å². The van der Waals surface area contributed by atoms with Crippen molar-refractivity contribution in [2.24, 2.45) is 0 Å². The zero-order valence-electron chi connectivity index (χ0n) is 10.4. The Morgan fingerprint density at radius 1 is 1.41 bits per heavy atom. The van der Waals surface area contributed by atoms with Gasteiger partial charge < -0.3 is 9.64 Å². The lowest BCUT2D eigenvalue weighted by molar-refractivity contribution is -0.114. The van der Waals surface area contributed by atoms with E-state index in [0.29, 0.717) is 6.54 Å². The number of carbonyl (C=O) groups is 1. The third-order valence-corrected chi connectivity index (χ3v) is 2.60. The number of para-hydroxylation sites is 2. The van der Waals surface area contributed by atoms with Crippen LogP contribution in [0.15, 0.2) is 35.9 Å². The Balaban J connectivity index is 2.36. The number of fused-ring (bicyclic) bond motifs is 1. The molecule has 1 unspecified atom stereocenters. The van der Waals surface area contributed by atoms with Crippen LogP contribution in [0.2, 0.25) is 0 Å². The van der Waals surface area contributed by atoms with Gasteiger partial charge in [-0.05, 0) is 32.9 Å². The number of carbonyl (C=O) groups excluding carboxylic acids is 1. The van der Waals surface area contributed by atoms with E-state index < -0.39 is 0 Å².